The van der Waals surface area contributed by atoms with Crippen LogP contribution in [0.15, 0.2) is 36.7 Å². The maximum Gasteiger partial charge on any atom is 0.223 e. The first-order chi connectivity index (χ1) is 12.7. The van der Waals surface area contributed by atoms with Crippen LogP contribution < -0.4 is 0 Å². The van der Waals surface area contributed by atoms with Crippen molar-refractivity contribution in [3.63, 3.8) is 0 Å². The number of hydrogen-bond acceptors (Lipinski definition) is 3. The number of aromatic nitrogens is 2. The van der Waals surface area contributed by atoms with E-state index in [0.29, 0.717) is 30.7 Å². The number of aliphatic hydroxyl groups is 1. The molecule has 1 aliphatic heterocycles. The average molecular weight is 349 g/mol. The van der Waals surface area contributed by atoms with Crippen LogP contribution in [0, 0.1) is 17.8 Å². The molecular formula is C21H23N3O2. The average Bonchev–Trinajstić information content (AvgIpc) is 3.28. The lowest BCUT2D eigenvalue weighted by Crippen LogP contribution is -2.27. The molecule has 1 N–H and O–H groups in total. The Kier molecular flexibility index (Phi) is 4.77. The number of hydrogen-bond donors (Lipinski definition) is 1. The van der Waals surface area contributed by atoms with Gasteiger partial charge in [0.15, 0.2) is 0 Å². The predicted octanol–water partition coefficient (Wildman–Crippen LogP) is 2.29. The van der Waals surface area contributed by atoms with Crippen molar-refractivity contribution in [3.8, 4) is 23.2 Å². The summed E-state index contributed by atoms with van der Waals surface area (Å²) in [6, 6.07) is 8.52. The molecular weight excluding hydrogens is 326 g/mol. The van der Waals surface area contributed by atoms with Gasteiger partial charge in [0.25, 0.3) is 0 Å². The molecule has 2 fully saturated rings. The van der Waals surface area contributed by atoms with Crippen LogP contribution in [0.5, 0.6) is 0 Å². The second kappa shape index (κ2) is 7.35. The molecule has 1 saturated carbocycles. The molecule has 0 bridgehead atoms. The normalized spacial score (nSPS) is 19.5. The van der Waals surface area contributed by atoms with Crippen LogP contribution in [0.25, 0.3) is 11.4 Å². The first-order valence-electron chi connectivity index (χ1n) is 9.25. The van der Waals surface area contributed by atoms with E-state index < -0.39 is 0 Å². The van der Waals surface area contributed by atoms with E-state index in [4.69, 9.17) is 5.11 Å². The standard InChI is InChI=1S/C21H23N3O2/c25-12-2-1-3-16-4-6-18(7-5-16)21-22-10-11-23(21)14-17-13-20(26)24(15-17)19-8-9-19/h4-7,10-11,17,19,25H,2,8-9,12-15H2. The fourth-order valence-corrected chi connectivity index (χ4v) is 3.59. The third-order valence-corrected chi connectivity index (χ3v) is 5.01. The molecule has 26 heavy (non-hydrogen) atoms. The molecule has 1 aliphatic carbocycles. The van der Waals surface area contributed by atoms with Gasteiger partial charge in [-0.2, -0.15) is 0 Å². The second-order valence-electron chi connectivity index (χ2n) is 7.10. The van der Waals surface area contributed by atoms with Crippen LogP contribution in [0.4, 0.5) is 0 Å². The van der Waals surface area contributed by atoms with E-state index in [-0.39, 0.29) is 6.61 Å². The summed E-state index contributed by atoms with van der Waals surface area (Å²) >= 11 is 0. The zero-order valence-corrected chi connectivity index (χ0v) is 14.8. The van der Waals surface area contributed by atoms with Crippen LogP contribution in [0.3, 0.4) is 0 Å². The Bertz CT molecular complexity index is 840. The number of carbonyl (C=O) groups excluding carboxylic acids is 1. The van der Waals surface area contributed by atoms with Gasteiger partial charge in [-0.25, -0.2) is 4.98 Å². The lowest BCUT2D eigenvalue weighted by molar-refractivity contribution is -0.128. The molecule has 134 valence electrons. The SMILES string of the molecule is O=C1CC(Cn2ccnc2-c2ccc(C#CCCO)cc2)CN1C1CC1. The molecule has 1 atom stereocenters. The zero-order chi connectivity index (χ0) is 17.9. The molecule has 2 aromatic rings. The van der Waals surface area contributed by atoms with Gasteiger partial charge in [-0.3, -0.25) is 4.79 Å². The monoisotopic (exact) mass is 349 g/mol. The Hall–Kier alpha value is -2.58. The zero-order valence-electron chi connectivity index (χ0n) is 14.8. The van der Waals surface area contributed by atoms with Crippen molar-refractivity contribution < 1.29 is 9.90 Å². The van der Waals surface area contributed by atoms with Gasteiger partial charge in [-0.1, -0.05) is 24.0 Å². The van der Waals surface area contributed by atoms with E-state index in [9.17, 15) is 4.79 Å². The molecule has 1 aromatic carbocycles. The lowest BCUT2D eigenvalue weighted by Gasteiger charge is -2.16. The maximum absolute atomic E-state index is 12.2. The molecule has 2 heterocycles. The first-order valence-corrected chi connectivity index (χ1v) is 9.25. The molecule has 5 nitrogen and oxygen atoms in total. The van der Waals surface area contributed by atoms with Gasteiger partial charge in [0.2, 0.25) is 5.91 Å². The summed E-state index contributed by atoms with van der Waals surface area (Å²) in [6.45, 7) is 1.78. The summed E-state index contributed by atoms with van der Waals surface area (Å²) in [4.78, 5) is 18.8. The van der Waals surface area contributed by atoms with E-state index in [2.05, 4.69) is 26.3 Å². The van der Waals surface area contributed by atoms with Crippen molar-refractivity contribution in [2.45, 2.75) is 38.3 Å². The topological polar surface area (TPSA) is 58.4 Å². The van der Waals surface area contributed by atoms with E-state index in [1.165, 1.54) is 12.8 Å². The molecule has 1 aromatic heterocycles. The van der Waals surface area contributed by atoms with Crippen LogP contribution in [0.1, 0.15) is 31.2 Å². The quantitative estimate of drug-likeness (QED) is 0.843. The van der Waals surface area contributed by atoms with Gasteiger partial charge in [0, 0.05) is 61.4 Å². The van der Waals surface area contributed by atoms with Gasteiger partial charge >= 0.3 is 0 Å². The highest BCUT2D eigenvalue weighted by Gasteiger charge is 2.39. The Morgan fingerprint density at radius 1 is 1.23 bits per heavy atom. The van der Waals surface area contributed by atoms with Gasteiger partial charge in [-0.05, 0) is 25.0 Å². The van der Waals surface area contributed by atoms with Crippen molar-refractivity contribution in [1.82, 2.24) is 14.5 Å². The predicted molar refractivity (Wildman–Crippen MR) is 99.1 cm³/mol. The third kappa shape index (κ3) is 3.66. The van der Waals surface area contributed by atoms with E-state index in [1.807, 2.05) is 36.7 Å². The van der Waals surface area contributed by atoms with Gasteiger partial charge in [0.1, 0.15) is 5.82 Å². The van der Waals surface area contributed by atoms with Crippen molar-refractivity contribution in [3.05, 3.63) is 42.2 Å². The molecule has 0 spiro atoms. The third-order valence-electron chi connectivity index (χ3n) is 5.01. The minimum absolute atomic E-state index is 0.0877. The molecule has 1 saturated heterocycles. The highest BCUT2D eigenvalue weighted by atomic mass is 16.2. The Morgan fingerprint density at radius 3 is 2.77 bits per heavy atom. The maximum atomic E-state index is 12.2. The fourth-order valence-electron chi connectivity index (χ4n) is 3.59. The molecule has 1 unspecified atom stereocenters. The number of carbonyl (C=O) groups is 1. The lowest BCUT2D eigenvalue weighted by atomic mass is 10.1. The van der Waals surface area contributed by atoms with Crippen molar-refractivity contribution >= 4 is 5.91 Å². The van der Waals surface area contributed by atoms with E-state index in [0.717, 1.165) is 30.0 Å². The Balaban J connectivity index is 1.45. The van der Waals surface area contributed by atoms with Crippen LogP contribution in [0.2, 0.25) is 0 Å². The summed E-state index contributed by atoms with van der Waals surface area (Å²) in [7, 11) is 0. The highest BCUT2D eigenvalue weighted by Crippen LogP contribution is 2.33. The summed E-state index contributed by atoms with van der Waals surface area (Å²) in [5, 5.41) is 8.79. The number of rotatable bonds is 5. The van der Waals surface area contributed by atoms with Crippen molar-refractivity contribution in [2.75, 3.05) is 13.2 Å². The molecule has 4 rings (SSSR count). The Labute approximate surface area is 153 Å². The fraction of sp³-hybridized carbons (Fsp3) is 0.429. The van der Waals surface area contributed by atoms with Crippen LogP contribution >= 0.6 is 0 Å². The van der Waals surface area contributed by atoms with Crippen LogP contribution in [-0.2, 0) is 11.3 Å². The smallest absolute Gasteiger partial charge is 0.223 e. The Morgan fingerprint density at radius 2 is 2.04 bits per heavy atom. The summed E-state index contributed by atoms with van der Waals surface area (Å²) < 4.78 is 2.15. The van der Waals surface area contributed by atoms with E-state index in [1.54, 1.807) is 0 Å². The number of likely N-dealkylation sites (tertiary alicyclic amines) is 1. The number of benzene rings is 1. The number of amides is 1. The summed E-state index contributed by atoms with van der Waals surface area (Å²) in [6.07, 6.45) is 7.29. The molecule has 0 radical (unpaired) electrons. The largest absolute Gasteiger partial charge is 0.395 e. The second-order valence-corrected chi connectivity index (χ2v) is 7.10. The van der Waals surface area contributed by atoms with E-state index >= 15 is 0 Å². The molecule has 2 aliphatic rings. The van der Waals surface area contributed by atoms with Crippen molar-refractivity contribution in [2.24, 2.45) is 5.92 Å². The minimum atomic E-state index is 0.0877. The van der Waals surface area contributed by atoms with Crippen molar-refractivity contribution in [1.29, 1.82) is 0 Å². The van der Waals surface area contributed by atoms with Gasteiger partial charge < -0.3 is 14.6 Å². The van der Waals surface area contributed by atoms with Crippen LogP contribution in [-0.4, -0.2) is 44.7 Å². The van der Waals surface area contributed by atoms with Gasteiger partial charge in [-0.15, -0.1) is 0 Å². The highest BCUT2D eigenvalue weighted by molar-refractivity contribution is 5.79. The number of imidazole rings is 1. The molecule has 5 heteroatoms. The first kappa shape index (κ1) is 16.9. The number of nitrogens with zero attached hydrogens (tertiary/aromatic N) is 3. The molecule has 1 amide bonds. The number of aliphatic hydroxyl groups excluding tert-OH is 1. The summed E-state index contributed by atoms with van der Waals surface area (Å²) in [5.74, 6) is 7.57. The summed E-state index contributed by atoms with van der Waals surface area (Å²) in [5.41, 5.74) is 1.98. The minimum Gasteiger partial charge on any atom is -0.395 e. The van der Waals surface area contributed by atoms with Gasteiger partial charge in [0.05, 0.1) is 6.61 Å².